The second-order valence-electron chi connectivity index (χ2n) is 4.61. The minimum atomic E-state index is -0.442. The molecule has 1 fully saturated rings. The Kier molecular flexibility index (Phi) is 3.72. The molecule has 0 spiro atoms. The first kappa shape index (κ1) is 12.4. The molecule has 2 rings (SSSR count). The number of amides is 2. The zero-order chi connectivity index (χ0) is 12.3. The number of rotatable bonds is 2. The lowest BCUT2D eigenvalue weighted by atomic mass is 9.76. The van der Waals surface area contributed by atoms with Gasteiger partial charge in [0, 0.05) is 4.47 Å². The summed E-state index contributed by atoms with van der Waals surface area (Å²) in [5, 5.41) is 2.96. The number of primary amides is 1. The van der Waals surface area contributed by atoms with Gasteiger partial charge in [0.25, 0.3) is 0 Å². The maximum absolute atomic E-state index is 11.3. The number of hydrogen-bond acceptors (Lipinski definition) is 1. The van der Waals surface area contributed by atoms with Crippen molar-refractivity contribution >= 4 is 22.0 Å². The van der Waals surface area contributed by atoms with Crippen LogP contribution < -0.4 is 11.1 Å². The van der Waals surface area contributed by atoms with Crippen LogP contribution in [0.5, 0.6) is 0 Å². The minimum absolute atomic E-state index is 0.288. The van der Waals surface area contributed by atoms with Crippen molar-refractivity contribution in [3.05, 3.63) is 34.3 Å². The molecule has 1 saturated carbocycles. The maximum atomic E-state index is 11.3. The van der Waals surface area contributed by atoms with Crippen molar-refractivity contribution in [1.82, 2.24) is 5.32 Å². The number of nitrogens with two attached hydrogens (primary N) is 1. The molecule has 1 aromatic rings. The van der Waals surface area contributed by atoms with Crippen LogP contribution in [0.3, 0.4) is 0 Å². The third kappa shape index (κ3) is 2.63. The van der Waals surface area contributed by atoms with Crippen molar-refractivity contribution in [1.29, 1.82) is 0 Å². The molecular formula is C13H17BrN2O. The van der Waals surface area contributed by atoms with Gasteiger partial charge in [0.1, 0.15) is 0 Å². The monoisotopic (exact) mass is 296 g/mol. The Labute approximate surface area is 110 Å². The lowest BCUT2D eigenvalue weighted by molar-refractivity contribution is 0.209. The number of nitrogens with one attached hydrogen (secondary N) is 1. The quantitative estimate of drug-likeness (QED) is 0.864. The van der Waals surface area contributed by atoms with Crippen LogP contribution in [0.1, 0.15) is 37.7 Å². The number of carbonyl (C=O) groups is 1. The summed E-state index contributed by atoms with van der Waals surface area (Å²) in [6, 6.07) is 7.61. The fraction of sp³-hybridized carbons (Fsp3) is 0.462. The van der Waals surface area contributed by atoms with Gasteiger partial charge in [-0.2, -0.15) is 0 Å². The number of halogens is 1. The highest BCUT2D eigenvalue weighted by atomic mass is 79.9. The zero-order valence-corrected chi connectivity index (χ0v) is 11.3. The molecule has 0 aliphatic heterocycles. The number of hydrogen-bond donors (Lipinski definition) is 2. The summed E-state index contributed by atoms with van der Waals surface area (Å²) in [7, 11) is 0. The van der Waals surface area contributed by atoms with E-state index in [-0.39, 0.29) is 5.54 Å². The van der Waals surface area contributed by atoms with Crippen LogP contribution in [-0.2, 0) is 5.54 Å². The average Bonchev–Trinajstić information content (AvgIpc) is 2.29. The van der Waals surface area contributed by atoms with Crippen LogP contribution in [0.25, 0.3) is 0 Å². The molecule has 0 aromatic heterocycles. The Morgan fingerprint density at radius 3 is 2.47 bits per heavy atom. The summed E-state index contributed by atoms with van der Waals surface area (Å²) in [4.78, 5) is 11.3. The lowest BCUT2D eigenvalue weighted by Crippen LogP contribution is -2.49. The minimum Gasteiger partial charge on any atom is -0.352 e. The van der Waals surface area contributed by atoms with E-state index in [1.165, 1.54) is 6.42 Å². The highest BCUT2D eigenvalue weighted by Gasteiger charge is 2.36. The molecule has 3 N–H and O–H groups in total. The summed E-state index contributed by atoms with van der Waals surface area (Å²) in [6.07, 6.45) is 5.40. The number of carbonyl (C=O) groups excluding carboxylic acids is 1. The third-order valence-corrected chi connectivity index (χ3v) is 4.15. The molecule has 0 unspecified atom stereocenters. The Hall–Kier alpha value is -1.03. The van der Waals surface area contributed by atoms with Crippen LogP contribution in [0.4, 0.5) is 4.79 Å². The highest BCUT2D eigenvalue weighted by molar-refractivity contribution is 9.10. The van der Waals surface area contributed by atoms with E-state index in [4.69, 9.17) is 5.73 Å². The number of benzene rings is 1. The van der Waals surface area contributed by atoms with Crippen molar-refractivity contribution in [3.63, 3.8) is 0 Å². The van der Waals surface area contributed by atoms with Crippen LogP contribution >= 0.6 is 15.9 Å². The first-order valence-electron chi connectivity index (χ1n) is 5.97. The predicted molar refractivity (Wildman–Crippen MR) is 71.6 cm³/mol. The zero-order valence-electron chi connectivity index (χ0n) is 9.71. The van der Waals surface area contributed by atoms with E-state index in [9.17, 15) is 4.79 Å². The summed E-state index contributed by atoms with van der Waals surface area (Å²) < 4.78 is 1.04. The third-order valence-electron chi connectivity index (χ3n) is 3.46. The molecule has 1 aliphatic carbocycles. The van der Waals surface area contributed by atoms with Gasteiger partial charge in [-0.15, -0.1) is 0 Å². The lowest BCUT2D eigenvalue weighted by Gasteiger charge is -2.38. The maximum Gasteiger partial charge on any atom is 0.312 e. The Morgan fingerprint density at radius 1 is 1.24 bits per heavy atom. The SMILES string of the molecule is NC(=O)NC1(c2ccccc2Br)CCCCC1. The van der Waals surface area contributed by atoms with Crippen molar-refractivity contribution in [2.24, 2.45) is 5.73 Å². The normalized spacial score (nSPS) is 18.6. The second-order valence-corrected chi connectivity index (χ2v) is 5.47. The first-order valence-corrected chi connectivity index (χ1v) is 6.76. The van der Waals surface area contributed by atoms with Gasteiger partial charge in [0.15, 0.2) is 0 Å². The van der Waals surface area contributed by atoms with E-state index in [0.29, 0.717) is 0 Å². The van der Waals surface area contributed by atoms with Gasteiger partial charge in [-0.1, -0.05) is 53.4 Å². The fourth-order valence-electron chi connectivity index (χ4n) is 2.70. The van der Waals surface area contributed by atoms with Crippen LogP contribution in [0.15, 0.2) is 28.7 Å². The van der Waals surface area contributed by atoms with E-state index < -0.39 is 6.03 Å². The highest BCUT2D eigenvalue weighted by Crippen LogP contribution is 2.40. The first-order chi connectivity index (χ1) is 8.14. The molecule has 0 bridgehead atoms. The van der Waals surface area contributed by atoms with Gasteiger partial charge in [-0.25, -0.2) is 4.79 Å². The van der Waals surface area contributed by atoms with E-state index in [0.717, 1.165) is 35.7 Å². The smallest absolute Gasteiger partial charge is 0.312 e. The molecule has 2 amide bonds. The van der Waals surface area contributed by atoms with E-state index in [1.54, 1.807) is 0 Å². The Bertz CT molecular complexity index is 414. The van der Waals surface area contributed by atoms with Crippen molar-refractivity contribution in [3.8, 4) is 0 Å². The Morgan fingerprint density at radius 2 is 1.88 bits per heavy atom. The molecule has 0 radical (unpaired) electrons. The van der Waals surface area contributed by atoms with Crippen molar-refractivity contribution in [2.45, 2.75) is 37.6 Å². The Balaban J connectivity index is 2.39. The van der Waals surface area contributed by atoms with Crippen molar-refractivity contribution in [2.75, 3.05) is 0 Å². The van der Waals surface area contributed by atoms with Gasteiger partial charge >= 0.3 is 6.03 Å². The molecule has 0 saturated heterocycles. The molecule has 17 heavy (non-hydrogen) atoms. The summed E-state index contributed by atoms with van der Waals surface area (Å²) >= 11 is 3.56. The standard InChI is InChI=1S/C13H17BrN2O/c14-11-7-3-2-6-10(11)13(16-12(15)17)8-4-1-5-9-13/h2-3,6-7H,1,4-5,8-9H2,(H3,15,16,17). The van der Waals surface area contributed by atoms with E-state index in [1.807, 2.05) is 18.2 Å². The average molecular weight is 297 g/mol. The molecule has 0 heterocycles. The van der Waals surface area contributed by atoms with Crippen LogP contribution in [-0.4, -0.2) is 6.03 Å². The van der Waals surface area contributed by atoms with Crippen LogP contribution in [0, 0.1) is 0 Å². The van der Waals surface area contributed by atoms with Crippen LogP contribution in [0.2, 0.25) is 0 Å². The second kappa shape index (κ2) is 5.08. The molecule has 1 aromatic carbocycles. The summed E-state index contributed by atoms with van der Waals surface area (Å²) in [6.45, 7) is 0. The van der Waals surface area contributed by atoms with Gasteiger partial charge in [0.05, 0.1) is 5.54 Å². The van der Waals surface area contributed by atoms with Gasteiger partial charge in [-0.05, 0) is 24.5 Å². The molecule has 3 nitrogen and oxygen atoms in total. The van der Waals surface area contributed by atoms with Gasteiger partial charge < -0.3 is 11.1 Å². The summed E-state index contributed by atoms with van der Waals surface area (Å²) in [5.41, 5.74) is 6.18. The van der Waals surface area contributed by atoms with E-state index >= 15 is 0 Å². The fourth-order valence-corrected chi connectivity index (χ4v) is 3.37. The topological polar surface area (TPSA) is 55.1 Å². The molecule has 92 valence electrons. The van der Waals surface area contributed by atoms with E-state index in [2.05, 4.69) is 27.3 Å². The van der Waals surface area contributed by atoms with Gasteiger partial charge in [0.2, 0.25) is 0 Å². The largest absolute Gasteiger partial charge is 0.352 e. The van der Waals surface area contributed by atoms with Crippen molar-refractivity contribution < 1.29 is 4.79 Å². The predicted octanol–water partition coefficient (Wildman–Crippen LogP) is 3.28. The molecular weight excluding hydrogens is 280 g/mol. The number of urea groups is 1. The molecule has 0 atom stereocenters. The van der Waals surface area contributed by atoms with Gasteiger partial charge in [-0.3, -0.25) is 0 Å². The molecule has 4 heteroatoms. The molecule has 1 aliphatic rings. The summed E-state index contributed by atoms with van der Waals surface area (Å²) in [5.74, 6) is 0.